The highest BCUT2D eigenvalue weighted by atomic mass is 32.1. The van der Waals surface area contributed by atoms with Gasteiger partial charge in [-0.1, -0.05) is 157 Å². The van der Waals surface area contributed by atoms with Crippen LogP contribution >= 0.6 is 11.3 Å². The molecule has 7 rings (SSSR count). The third-order valence-corrected chi connectivity index (χ3v) is 10.1. The quantitative estimate of drug-likeness (QED) is 0.0540. The molecule has 254 valence electrons. The second-order valence-electron chi connectivity index (χ2n) is 12.3. The van der Waals surface area contributed by atoms with Gasteiger partial charge in [0.25, 0.3) is 0 Å². The number of aromatic nitrogens is 1. The van der Waals surface area contributed by atoms with Crippen LogP contribution in [0.2, 0.25) is 0 Å². The number of carbonyl (C=O) groups is 2. The lowest BCUT2D eigenvalue weighted by Gasteiger charge is -2.44. The Morgan fingerprint density at radius 3 is 1.69 bits per heavy atom. The number of hydrogen-bond donors (Lipinski definition) is 2. The van der Waals surface area contributed by atoms with Crippen molar-refractivity contribution in [3.05, 3.63) is 191 Å². The first-order chi connectivity index (χ1) is 25.0. The van der Waals surface area contributed by atoms with E-state index in [1.54, 1.807) is 0 Å². The molecule has 0 saturated heterocycles. The number of benzene rings is 5. The van der Waals surface area contributed by atoms with Gasteiger partial charge in [0.05, 0.1) is 11.6 Å². The Hall–Kier alpha value is -6.06. The summed E-state index contributed by atoms with van der Waals surface area (Å²) in [5.74, 6) is -2.48. The van der Waals surface area contributed by atoms with E-state index >= 15 is 0 Å². The summed E-state index contributed by atoms with van der Waals surface area (Å²) in [6, 6.07) is 49.6. The number of hydrogen-bond acceptors (Lipinski definition) is 8. The zero-order chi connectivity index (χ0) is 35.1. The minimum atomic E-state index is -1.59. The van der Waals surface area contributed by atoms with Gasteiger partial charge in [0.1, 0.15) is 5.54 Å². The number of nitrogens with zero attached hydrogens (tertiary/aromatic N) is 2. The van der Waals surface area contributed by atoms with Crippen molar-refractivity contribution >= 4 is 34.6 Å². The minimum Gasteiger partial charge on any atom is -0.477 e. The average molecular weight is 694 g/mol. The molecule has 5 aromatic carbocycles. The Bertz CT molecular complexity index is 1960. The molecule has 2 unspecified atom stereocenters. The number of nitrogens with one attached hydrogen (secondary N) is 1. The number of carboxylic acid groups (broad SMARTS) is 1. The molecule has 0 amide bonds. The molecule has 9 heteroatoms. The molecule has 1 fully saturated rings. The van der Waals surface area contributed by atoms with Gasteiger partial charge in [-0.15, -0.1) is 11.3 Å². The monoisotopic (exact) mass is 693 g/mol. The molecule has 8 nitrogen and oxygen atoms in total. The fourth-order valence-corrected chi connectivity index (χ4v) is 7.55. The lowest BCUT2D eigenvalue weighted by atomic mass is 9.67. The summed E-state index contributed by atoms with van der Waals surface area (Å²) in [6.07, 6.45) is 0.745. The van der Waals surface area contributed by atoms with Crippen molar-refractivity contribution in [3.8, 4) is 0 Å². The number of oxime groups is 1. The number of anilines is 1. The Labute approximate surface area is 300 Å². The second kappa shape index (κ2) is 14.8. The minimum absolute atomic E-state index is 0.270. The molecule has 6 aromatic rings. The second-order valence-corrected chi connectivity index (χ2v) is 13.2. The molecule has 0 aliphatic heterocycles. The molecule has 1 aliphatic rings. The lowest BCUT2D eigenvalue weighted by Crippen LogP contribution is -2.54. The summed E-state index contributed by atoms with van der Waals surface area (Å²) in [7, 11) is 0. The van der Waals surface area contributed by atoms with Crippen molar-refractivity contribution in [1.29, 1.82) is 0 Å². The Kier molecular flexibility index (Phi) is 9.72. The first-order valence-corrected chi connectivity index (χ1v) is 17.5. The fourth-order valence-electron chi connectivity index (χ4n) is 6.73. The molecular weight excluding hydrogens is 659 g/mol. The zero-order valence-corrected chi connectivity index (χ0v) is 28.4. The van der Waals surface area contributed by atoms with Gasteiger partial charge in [0, 0.05) is 11.8 Å². The predicted octanol–water partition coefficient (Wildman–Crippen LogP) is 8.58. The maximum absolute atomic E-state index is 14.3. The summed E-state index contributed by atoms with van der Waals surface area (Å²) >= 11 is 1.42. The van der Waals surface area contributed by atoms with Crippen LogP contribution in [0.3, 0.4) is 0 Å². The third kappa shape index (κ3) is 6.76. The van der Waals surface area contributed by atoms with Crippen LogP contribution < -0.4 is 5.32 Å². The normalized spacial score (nSPS) is 17.1. The van der Waals surface area contributed by atoms with Crippen LogP contribution in [-0.4, -0.2) is 33.8 Å². The number of rotatable bonds is 13. The zero-order valence-electron chi connectivity index (χ0n) is 27.5. The van der Waals surface area contributed by atoms with E-state index in [9.17, 15) is 14.7 Å². The molecule has 1 aliphatic carbocycles. The van der Waals surface area contributed by atoms with E-state index in [1.165, 1.54) is 11.3 Å². The fraction of sp³-hybridized carbons (Fsp3) is 0.143. The van der Waals surface area contributed by atoms with Gasteiger partial charge >= 0.3 is 11.9 Å². The van der Waals surface area contributed by atoms with E-state index in [4.69, 9.17) is 14.6 Å². The van der Waals surface area contributed by atoms with E-state index in [0.717, 1.165) is 27.8 Å². The molecule has 0 radical (unpaired) electrons. The number of carbonyl (C=O) groups excluding carboxylic acids is 1. The molecule has 1 aromatic heterocycles. The van der Waals surface area contributed by atoms with E-state index in [-0.39, 0.29) is 6.42 Å². The number of carboxylic acids is 1. The van der Waals surface area contributed by atoms with E-state index in [1.807, 2.05) is 121 Å². The SMILES string of the molecule is O=C(O)/C=N\OC1(C(=O)OC(c2ccccc2)c2ccccc2)CCC1c1csc(NC(c2ccccc2)(c2ccccc2)c2ccccc2)n1. The lowest BCUT2D eigenvalue weighted by molar-refractivity contribution is -0.195. The number of ether oxygens (including phenoxy) is 1. The van der Waals surface area contributed by atoms with Gasteiger partial charge in [-0.05, 0) is 34.2 Å². The van der Waals surface area contributed by atoms with Gasteiger partial charge in [-0.2, -0.15) is 0 Å². The van der Waals surface area contributed by atoms with Crippen molar-refractivity contribution in [2.24, 2.45) is 5.16 Å². The average Bonchev–Trinajstić information content (AvgIpc) is 3.62. The summed E-state index contributed by atoms with van der Waals surface area (Å²) in [6.45, 7) is 0. The van der Waals surface area contributed by atoms with Gasteiger partial charge < -0.3 is 20.0 Å². The summed E-state index contributed by atoms with van der Waals surface area (Å²) in [5.41, 5.74) is 2.90. The number of aliphatic carboxylic acids is 1. The van der Waals surface area contributed by atoms with Crippen LogP contribution in [0, 0.1) is 0 Å². The maximum Gasteiger partial charge on any atom is 0.355 e. The summed E-state index contributed by atoms with van der Waals surface area (Å²) in [4.78, 5) is 36.6. The molecular formula is C42H35N3O5S. The first-order valence-electron chi connectivity index (χ1n) is 16.7. The number of thiazole rings is 1. The van der Waals surface area contributed by atoms with Gasteiger partial charge in [0.2, 0.25) is 5.60 Å². The van der Waals surface area contributed by atoms with E-state index in [0.29, 0.717) is 23.5 Å². The van der Waals surface area contributed by atoms with Crippen molar-refractivity contribution < 1.29 is 24.3 Å². The van der Waals surface area contributed by atoms with E-state index in [2.05, 4.69) is 46.9 Å². The molecule has 0 bridgehead atoms. The molecule has 51 heavy (non-hydrogen) atoms. The van der Waals surface area contributed by atoms with Crippen molar-refractivity contribution in [1.82, 2.24) is 4.98 Å². The predicted molar refractivity (Wildman–Crippen MR) is 198 cm³/mol. The highest BCUT2D eigenvalue weighted by molar-refractivity contribution is 7.13. The Morgan fingerprint density at radius 1 is 0.784 bits per heavy atom. The molecule has 1 heterocycles. The Balaban J connectivity index is 1.25. The van der Waals surface area contributed by atoms with Crippen LogP contribution in [0.1, 0.15) is 58.4 Å². The topological polar surface area (TPSA) is 110 Å². The number of esters is 1. The molecule has 2 N–H and O–H groups in total. The Morgan fingerprint density at radius 2 is 1.25 bits per heavy atom. The van der Waals surface area contributed by atoms with Crippen LogP contribution in [0.4, 0.5) is 5.13 Å². The van der Waals surface area contributed by atoms with Crippen LogP contribution in [0.15, 0.2) is 162 Å². The maximum atomic E-state index is 14.3. The van der Waals surface area contributed by atoms with Gasteiger partial charge in [0.15, 0.2) is 17.5 Å². The summed E-state index contributed by atoms with van der Waals surface area (Å²) < 4.78 is 6.27. The molecule has 0 spiro atoms. The first kappa shape index (κ1) is 33.4. The molecule has 2 atom stereocenters. The summed E-state index contributed by atoms with van der Waals surface area (Å²) in [5, 5.41) is 19.4. The van der Waals surface area contributed by atoms with Crippen LogP contribution in [0.5, 0.6) is 0 Å². The van der Waals surface area contributed by atoms with Gasteiger partial charge in [-0.3, -0.25) is 0 Å². The van der Waals surface area contributed by atoms with Crippen molar-refractivity contribution in [3.63, 3.8) is 0 Å². The highest BCUT2D eigenvalue weighted by Gasteiger charge is 2.60. The highest BCUT2D eigenvalue weighted by Crippen LogP contribution is 2.51. The smallest absolute Gasteiger partial charge is 0.355 e. The molecule has 1 saturated carbocycles. The van der Waals surface area contributed by atoms with Crippen LogP contribution in [-0.2, 0) is 24.7 Å². The largest absolute Gasteiger partial charge is 0.477 e. The van der Waals surface area contributed by atoms with Crippen molar-refractivity contribution in [2.75, 3.05) is 5.32 Å². The van der Waals surface area contributed by atoms with Crippen LogP contribution in [0.25, 0.3) is 0 Å². The standard InChI is InChI=1S/C42H35N3O5S/c46-37(47)28-43-50-41(39(48)49-38(30-16-6-1-7-17-30)31-18-8-2-9-19-31)27-26-35(41)36-29-51-40(44-36)45-42(32-20-10-3-11-21-32,33-22-12-4-13-23-33)34-24-14-5-15-25-34/h1-25,28-29,35,38H,26-27H2,(H,44,45)(H,46,47)/b43-28-. The van der Waals surface area contributed by atoms with Crippen molar-refractivity contribution in [2.45, 2.75) is 36.0 Å². The van der Waals surface area contributed by atoms with E-state index < -0.39 is 35.1 Å². The third-order valence-electron chi connectivity index (χ3n) is 9.31. The van der Waals surface area contributed by atoms with Gasteiger partial charge in [-0.25, -0.2) is 14.6 Å².